The van der Waals surface area contributed by atoms with Gasteiger partial charge in [-0.3, -0.25) is 0 Å². The van der Waals surface area contributed by atoms with Crippen molar-refractivity contribution in [2.75, 3.05) is 30.8 Å². The summed E-state index contributed by atoms with van der Waals surface area (Å²) in [6.07, 6.45) is 2.12. The molecule has 1 atom stereocenters. The third-order valence-corrected chi connectivity index (χ3v) is 3.33. The Morgan fingerprint density at radius 3 is 3.11 bits per heavy atom. The van der Waals surface area contributed by atoms with Gasteiger partial charge in [0.05, 0.1) is 12.1 Å². The molecule has 3 rings (SSSR count). The molecule has 1 aromatic heterocycles. The van der Waals surface area contributed by atoms with Crippen molar-refractivity contribution in [3.8, 4) is 0 Å². The van der Waals surface area contributed by atoms with Crippen LogP contribution >= 0.6 is 0 Å². The van der Waals surface area contributed by atoms with E-state index in [1.807, 2.05) is 12.1 Å². The van der Waals surface area contributed by atoms with Crippen molar-refractivity contribution in [2.24, 2.45) is 0 Å². The van der Waals surface area contributed by atoms with E-state index in [0.717, 1.165) is 10.9 Å². The number of nitrogens with two attached hydrogens (primary N) is 1. The number of nitrogens with zero attached hydrogens (tertiary/aromatic N) is 2. The van der Waals surface area contributed by atoms with Crippen molar-refractivity contribution in [1.82, 2.24) is 9.97 Å². The average molecular weight is 260 g/mol. The Kier molecular flexibility index (Phi) is 2.96. The quantitative estimate of drug-likeness (QED) is 0.706. The lowest BCUT2D eigenvalue weighted by atomic mass is 10.0. The third kappa shape index (κ3) is 2.45. The largest absolute Gasteiger partial charge is 0.399 e. The Morgan fingerprint density at radius 2 is 2.32 bits per heavy atom. The zero-order chi connectivity index (χ0) is 13.3. The molecule has 1 fully saturated rings. The van der Waals surface area contributed by atoms with Gasteiger partial charge in [-0.1, -0.05) is 0 Å². The normalized spacial score (nSPS) is 22.8. The number of nitrogen functional groups attached to an aromatic ring is 1. The highest BCUT2D eigenvalue weighted by molar-refractivity contribution is 5.90. The predicted octanol–water partition coefficient (Wildman–Crippen LogP) is 0.775. The first-order chi connectivity index (χ1) is 9.16. The standard InChI is InChI=1S/C13H16N4O2/c14-9-1-2-10-11(5-9)16-8-17-12(10)15-6-13(18)3-4-19-7-13/h1-2,5,8,18H,3-4,6-7,14H2,(H,15,16,17). The van der Waals surface area contributed by atoms with Crippen LogP contribution in [0.1, 0.15) is 6.42 Å². The Labute approximate surface area is 110 Å². The Hall–Kier alpha value is -1.92. The molecule has 1 aliphatic rings. The number of hydrogen-bond acceptors (Lipinski definition) is 6. The second-order valence-corrected chi connectivity index (χ2v) is 4.88. The van der Waals surface area contributed by atoms with E-state index in [0.29, 0.717) is 37.7 Å². The van der Waals surface area contributed by atoms with Gasteiger partial charge in [0, 0.05) is 30.6 Å². The number of anilines is 2. The van der Waals surface area contributed by atoms with Crippen molar-refractivity contribution < 1.29 is 9.84 Å². The maximum absolute atomic E-state index is 10.2. The Bertz CT molecular complexity index is 596. The molecule has 0 bridgehead atoms. The first-order valence-electron chi connectivity index (χ1n) is 6.21. The van der Waals surface area contributed by atoms with Gasteiger partial charge in [0.15, 0.2) is 0 Å². The number of nitrogens with one attached hydrogen (secondary N) is 1. The number of fused-ring (bicyclic) bond motifs is 1. The second kappa shape index (κ2) is 4.64. The summed E-state index contributed by atoms with van der Waals surface area (Å²) in [6.45, 7) is 1.36. The zero-order valence-electron chi connectivity index (χ0n) is 10.5. The summed E-state index contributed by atoms with van der Waals surface area (Å²) < 4.78 is 5.21. The predicted molar refractivity (Wildman–Crippen MR) is 72.8 cm³/mol. The van der Waals surface area contributed by atoms with Crippen molar-refractivity contribution in [2.45, 2.75) is 12.0 Å². The highest BCUT2D eigenvalue weighted by Gasteiger charge is 2.32. The molecular formula is C13H16N4O2. The molecule has 2 heterocycles. The third-order valence-electron chi connectivity index (χ3n) is 3.33. The van der Waals surface area contributed by atoms with Crippen molar-refractivity contribution >= 4 is 22.4 Å². The molecule has 6 nitrogen and oxygen atoms in total. The first kappa shape index (κ1) is 12.1. The van der Waals surface area contributed by atoms with E-state index >= 15 is 0 Å². The van der Waals surface area contributed by atoms with Gasteiger partial charge in [-0.25, -0.2) is 9.97 Å². The topological polar surface area (TPSA) is 93.3 Å². The summed E-state index contributed by atoms with van der Waals surface area (Å²) in [5.74, 6) is 0.699. The summed E-state index contributed by atoms with van der Waals surface area (Å²) in [4.78, 5) is 8.40. The number of hydrogen-bond donors (Lipinski definition) is 3. The molecule has 1 unspecified atom stereocenters. The van der Waals surface area contributed by atoms with E-state index in [9.17, 15) is 5.11 Å². The van der Waals surface area contributed by atoms with E-state index in [1.54, 1.807) is 6.07 Å². The van der Waals surface area contributed by atoms with Crippen LogP contribution in [0.25, 0.3) is 10.9 Å². The lowest BCUT2D eigenvalue weighted by Gasteiger charge is -2.21. The van der Waals surface area contributed by atoms with Crippen LogP contribution < -0.4 is 11.1 Å². The number of aromatic nitrogens is 2. The van der Waals surface area contributed by atoms with Crippen molar-refractivity contribution in [3.05, 3.63) is 24.5 Å². The fourth-order valence-corrected chi connectivity index (χ4v) is 2.20. The lowest BCUT2D eigenvalue weighted by molar-refractivity contribution is 0.0381. The number of ether oxygens (including phenoxy) is 1. The molecule has 1 aliphatic heterocycles. The van der Waals surface area contributed by atoms with Crippen LogP contribution in [-0.2, 0) is 4.74 Å². The summed E-state index contributed by atoms with van der Waals surface area (Å²) in [7, 11) is 0. The average Bonchev–Trinajstić information content (AvgIpc) is 2.83. The maximum atomic E-state index is 10.2. The van der Waals surface area contributed by atoms with Gasteiger partial charge in [-0.15, -0.1) is 0 Å². The van der Waals surface area contributed by atoms with E-state index in [2.05, 4.69) is 15.3 Å². The zero-order valence-corrected chi connectivity index (χ0v) is 10.5. The number of benzene rings is 1. The van der Waals surface area contributed by atoms with Crippen molar-refractivity contribution in [3.63, 3.8) is 0 Å². The van der Waals surface area contributed by atoms with Gasteiger partial charge in [-0.2, -0.15) is 0 Å². The molecule has 1 saturated heterocycles. The first-order valence-corrected chi connectivity index (χ1v) is 6.21. The molecule has 0 amide bonds. The Morgan fingerprint density at radius 1 is 1.42 bits per heavy atom. The molecule has 0 aliphatic carbocycles. The van der Waals surface area contributed by atoms with Crippen LogP contribution in [0, 0.1) is 0 Å². The molecule has 0 radical (unpaired) electrons. The van der Waals surface area contributed by atoms with Gasteiger partial charge in [-0.05, 0) is 18.2 Å². The molecule has 100 valence electrons. The smallest absolute Gasteiger partial charge is 0.137 e. The molecule has 0 spiro atoms. The molecule has 6 heteroatoms. The SMILES string of the molecule is Nc1ccc2c(NCC3(O)CCOC3)ncnc2c1. The lowest BCUT2D eigenvalue weighted by Crippen LogP contribution is -2.37. The van der Waals surface area contributed by atoms with Crippen LogP contribution in [-0.4, -0.2) is 40.4 Å². The van der Waals surface area contributed by atoms with E-state index in [4.69, 9.17) is 10.5 Å². The van der Waals surface area contributed by atoms with Crippen LogP contribution in [0.15, 0.2) is 24.5 Å². The fourth-order valence-electron chi connectivity index (χ4n) is 2.20. The minimum Gasteiger partial charge on any atom is -0.399 e. The highest BCUT2D eigenvalue weighted by atomic mass is 16.5. The van der Waals surface area contributed by atoms with Gasteiger partial charge in [0.25, 0.3) is 0 Å². The van der Waals surface area contributed by atoms with Gasteiger partial charge >= 0.3 is 0 Å². The number of aliphatic hydroxyl groups is 1. The molecule has 0 saturated carbocycles. The Balaban J connectivity index is 1.84. The molecule has 19 heavy (non-hydrogen) atoms. The molecule has 2 aromatic rings. The summed E-state index contributed by atoms with van der Waals surface area (Å²) >= 11 is 0. The summed E-state index contributed by atoms with van der Waals surface area (Å²) in [5, 5.41) is 14.3. The van der Waals surface area contributed by atoms with E-state index in [-0.39, 0.29) is 0 Å². The van der Waals surface area contributed by atoms with Gasteiger partial charge in [0.2, 0.25) is 0 Å². The number of rotatable bonds is 3. The molecule has 4 N–H and O–H groups in total. The van der Waals surface area contributed by atoms with Gasteiger partial charge < -0.3 is 20.9 Å². The second-order valence-electron chi connectivity index (χ2n) is 4.88. The summed E-state index contributed by atoms with van der Waals surface area (Å²) in [6, 6.07) is 5.49. The summed E-state index contributed by atoms with van der Waals surface area (Å²) in [5.41, 5.74) is 6.37. The minimum atomic E-state index is -0.814. The fraction of sp³-hybridized carbons (Fsp3) is 0.385. The van der Waals surface area contributed by atoms with Crippen molar-refractivity contribution in [1.29, 1.82) is 0 Å². The van der Waals surface area contributed by atoms with Crippen LogP contribution in [0.3, 0.4) is 0 Å². The van der Waals surface area contributed by atoms with Crippen LogP contribution in [0.5, 0.6) is 0 Å². The highest BCUT2D eigenvalue weighted by Crippen LogP contribution is 2.23. The maximum Gasteiger partial charge on any atom is 0.137 e. The molecular weight excluding hydrogens is 244 g/mol. The van der Waals surface area contributed by atoms with E-state index in [1.165, 1.54) is 6.33 Å². The van der Waals surface area contributed by atoms with E-state index < -0.39 is 5.60 Å². The van der Waals surface area contributed by atoms with Gasteiger partial charge in [0.1, 0.15) is 17.7 Å². The monoisotopic (exact) mass is 260 g/mol. The minimum absolute atomic E-state index is 0.357. The molecule has 1 aromatic carbocycles. The van der Waals surface area contributed by atoms with Crippen LogP contribution in [0.2, 0.25) is 0 Å². The van der Waals surface area contributed by atoms with Crippen LogP contribution in [0.4, 0.5) is 11.5 Å².